The molecular formula is C40H41ClN6O5. The summed E-state index contributed by atoms with van der Waals surface area (Å²) in [4.78, 5) is 53.1. The van der Waals surface area contributed by atoms with E-state index in [4.69, 9.17) is 32.2 Å². The Kier molecular flexibility index (Phi) is 11.8. The van der Waals surface area contributed by atoms with Crippen LogP contribution in [0.5, 0.6) is 0 Å². The third kappa shape index (κ3) is 8.92. The molecule has 1 aromatic heterocycles. The van der Waals surface area contributed by atoms with Gasteiger partial charge in [0.2, 0.25) is 11.7 Å². The molecule has 5 N–H and O–H groups in total. The lowest BCUT2D eigenvalue weighted by Crippen LogP contribution is -2.50. The predicted octanol–water partition coefficient (Wildman–Crippen LogP) is 5.72. The highest BCUT2D eigenvalue weighted by Gasteiger charge is 2.43. The number of amides is 1. The molecule has 0 aliphatic carbocycles. The Labute approximate surface area is 307 Å². The number of carbonyl (C=O) groups is 3. The maximum Gasteiger partial charge on any atom is 0.264 e. The van der Waals surface area contributed by atoms with E-state index in [1.54, 1.807) is 72.6 Å². The quantitative estimate of drug-likeness (QED) is 0.0697. The van der Waals surface area contributed by atoms with Gasteiger partial charge in [0.05, 0.1) is 36.4 Å². The fourth-order valence-corrected chi connectivity index (χ4v) is 6.72. The third-order valence-electron chi connectivity index (χ3n) is 9.28. The Hall–Kier alpha value is -5.36. The lowest BCUT2D eigenvalue weighted by Gasteiger charge is -2.28. The summed E-state index contributed by atoms with van der Waals surface area (Å²) in [6, 6.07) is 29.8. The van der Waals surface area contributed by atoms with Gasteiger partial charge in [-0.2, -0.15) is 0 Å². The first-order valence-corrected chi connectivity index (χ1v) is 17.6. The SMILES string of the molecule is CN[C@H](CCc1ccccc1)C(=O)N1C[C@H](OCc2ccc(Cl)cc2)C[C@H]1C(=O)CC(C(=O)c1nc2ccccc2o1)c1cccc(N=C(N)N)c1. The summed E-state index contributed by atoms with van der Waals surface area (Å²) in [6.07, 6.45) is 0.828. The number of para-hydroxylation sites is 2. The van der Waals surface area contributed by atoms with E-state index in [1.165, 1.54) is 0 Å². The van der Waals surface area contributed by atoms with Crippen molar-refractivity contribution in [3.63, 3.8) is 0 Å². The molecule has 1 fully saturated rings. The summed E-state index contributed by atoms with van der Waals surface area (Å²) in [5.41, 5.74) is 15.2. The van der Waals surface area contributed by atoms with E-state index in [0.717, 1.165) is 11.1 Å². The Morgan fingerprint density at radius 1 is 0.981 bits per heavy atom. The minimum Gasteiger partial charge on any atom is -0.434 e. The van der Waals surface area contributed by atoms with Crippen molar-refractivity contribution in [1.82, 2.24) is 15.2 Å². The number of halogens is 1. The van der Waals surface area contributed by atoms with Crippen LogP contribution in [0.4, 0.5) is 5.69 Å². The highest BCUT2D eigenvalue weighted by molar-refractivity contribution is 6.30. The van der Waals surface area contributed by atoms with Crippen LogP contribution in [0.3, 0.4) is 0 Å². The molecule has 52 heavy (non-hydrogen) atoms. The summed E-state index contributed by atoms with van der Waals surface area (Å²) in [7, 11) is 1.74. The van der Waals surface area contributed by atoms with E-state index >= 15 is 0 Å². The number of ketones is 2. The number of hydrogen-bond donors (Lipinski definition) is 3. The summed E-state index contributed by atoms with van der Waals surface area (Å²) in [5, 5.41) is 3.78. The van der Waals surface area contributed by atoms with Crippen LogP contribution < -0.4 is 16.8 Å². The molecule has 6 rings (SSSR count). The topological polar surface area (TPSA) is 166 Å². The second kappa shape index (κ2) is 16.8. The molecule has 4 atom stereocenters. The van der Waals surface area contributed by atoms with Gasteiger partial charge in [-0.15, -0.1) is 0 Å². The number of ether oxygens (including phenoxy) is 1. The van der Waals surface area contributed by atoms with Crippen molar-refractivity contribution >= 4 is 51.8 Å². The number of rotatable bonds is 15. The summed E-state index contributed by atoms with van der Waals surface area (Å²) < 4.78 is 12.1. The maximum atomic E-state index is 14.5. The van der Waals surface area contributed by atoms with Crippen molar-refractivity contribution in [2.24, 2.45) is 16.5 Å². The largest absolute Gasteiger partial charge is 0.434 e. The van der Waals surface area contributed by atoms with E-state index in [9.17, 15) is 14.4 Å². The number of nitrogens with two attached hydrogens (primary N) is 2. The van der Waals surface area contributed by atoms with Gasteiger partial charge in [-0.1, -0.05) is 78.3 Å². The second-order valence-corrected chi connectivity index (χ2v) is 13.3. The molecule has 0 bridgehead atoms. The molecule has 0 spiro atoms. The summed E-state index contributed by atoms with van der Waals surface area (Å²) >= 11 is 6.07. The molecular weight excluding hydrogens is 680 g/mol. The first kappa shape index (κ1) is 36.4. The van der Waals surface area contributed by atoms with Crippen LogP contribution in [0, 0.1) is 0 Å². The zero-order chi connectivity index (χ0) is 36.6. The average Bonchev–Trinajstić information content (AvgIpc) is 3.79. The number of nitrogens with one attached hydrogen (secondary N) is 1. The molecule has 0 saturated carbocycles. The number of benzene rings is 4. The van der Waals surface area contributed by atoms with Crippen LogP contribution in [0.1, 0.15) is 52.6 Å². The van der Waals surface area contributed by atoms with Crippen LogP contribution in [0.2, 0.25) is 5.02 Å². The summed E-state index contributed by atoms with van der Waals surface area (Å²) in [6.45, 7) is 0.501. The van der Waals surface area contributed by atoms with Gasteiger partial charge in [0.1, 0.15) is 5.52 Å². The smallest absolute Gasteiger partial charge is 0.264 e. The van der Waals surface area contributed by atoms with Crippen molar-refractivity contribution < 1.29 is 23.5 Å². The maximum absolute atomic E-state index is 14.5. The standard InChI is InChI=1S/C40H41ClN6O5/c1-44-33(19-16-25-8-3-2-4-9-25)39(50)47-23-30(51-24-26-14-17-28(41)18-15-26)21-34(47)35(48)22-31(27-10-7-11-29(20-27)45-40(42)43)37(49)38-46-32-12-5-6-13-36(32)52-38/h2-15,17-18,20,30-31,33-34,44H,16,19,21-24H2,1H3,(H4,42,43,45)/t30-,31?,33-,34+/m1/s1. The molecule has 0 radical (unpaired) electrons. The molecule has 2 heterocycles. The Morgan fingerprint density at radius 3 is 2.46 bits per heavy atom. The normalized spacial score (nSPS) is 16.8. The van der Waals surface area contributed by atoms with E-state index in [0.29, 0.717) is 40.2 Å². The van der Waals surface area contributed by atoms with Gasteiger partial charge in [0, 0.05) is 24.4 Å². The van der Waals surface area contributed by atoms with E-state index in [2.05, 4.69) is 15.3 Å². The van der Waals surface area contributed by atoms with E-state index in [1.807, 2.05) is 42.5 Å². The van der Waals surface area contributed by atoms with Gasteiger partial charge in [0.15, 0.2) is 17.3 Å². The highest BCUT2D eigenvalue weighted by Crippen LogP contribution is 2.32. The van der Waals surface area contributed by atoms with E-state index in [-0.39, 0.29) is 49.5 Å². The number of aromatic nitrogens is 1. The van der Waals surface area contributed by atoms with Gasteiger partial charge in [0.25, 0.3) is 5.89 Å². The van der Waals surface area contributed by atoms with E-state index < -0.39 is 29.9 Å². The first-order chi connectivity index (χ1) is 25.2. The molecule has 268 valence electrons. The minimum atomic E-state index is -1.00. The Morgan fingerprint density at radius 2 is 1.73 bits per heavy atom. The molecule has 1 saturated heterocycles. The number of nitrogens with zero attached hydrogens (tertiary/aromatic N) is 3. The number of Topliss-reactive ketones (excluding diaryl/α,β-unsaturated/α-hetero) is 2. The van der Waals surface area contributed by atoms with Gasteiger partial charge in [-0.25, -0.2) is 9.98 Å². The summed E-state index contributed by atoms with van der Waals surface area (Å²) in [5.74, 6) is -2.23. The fraction of sp³-hybridized carbons (Fsp3) is 0.275. The highest BCUT2D eigenvalue weighted by atomic mass is 35.5. The predicted molar refractivity (Wildman–Crippen MR) is 200 cm³/mol. The Balaban J connectivity index is 1.28. The molecule has 1 amide bonds. The van der Waals surface area contributed by atoms with Crippen molar-refractivity contribution in [1.29, 1.82) is 0 Å². The average molecular weight is 721 g/mol. The number of hydrogen-bond acceptors (Lipinski definition) is 8. The van der Waals surface area contributed by atoms with Crippen molar-refractivity contribution in [3.8, 4) is 0 Å². The molecule has 1 aliphatic heterocycles. The van der Waals surface area contributed by atoms with Crippen LogP contribution in [-0.2, 0) is 27.4 Å². The zero-order valence-corrected chi connectivity index (χ0v) is 29.5. The van der Waals surface area contributed by atoms with Crippen molar-refractivity contribution in [2.75, 3.05) is 13.6 Å². The lowest BCUT2D eigenvalue weighted by atomic mass is 9.87. The molecule has 1 unspecified atom stereocenters. The number of fused-ring (bicyclic) bond motifs is 1. The number of carbonyl (C=O) groups excluding carboxylic acids is 3. The van der Waals surface area contributed by atoms with Crippen molar-refractivity contribution in [2.45, 2.75) is 56.4 Å². The number of guanidine groups is 1. The fourth-order valence-electron chi connectivity index (χ4n) is 6.59. The number of likely N-dealkylation sites (tertiary alicyclic amines) is 1. The number of likely N-dealkylation sites (N-methyl/N-ethyl adjacent to an activating group) is 1. The number of aryl methyl sites for hydroxylation is 1. The van der Waals surface area contributed by atoms with Crippen LogP contribution in [0.25, 0.3) is 11.1 Å². The molecule has 12 heteroatoms. The monoisotopic (exact) mass is 720 g/mol. The van der Waals surface area contributed by atoms with Crippen LogP contribution in [-0.4, -0.2) is 65.1 Å². The van der Waals surface area contributed by atoms with Crippen LogP contribution in [0.15, 0.2) is 113 Å². The van der Waals surface area contributed by atoms with Crippen molar-refractivity contribution in [3.05, 3.63) is 131 Å². The first-order valence-electron chi connectivity index (χ1n) is 17.2. The van der Waals surface area contributed by atoms with Gasteiger partial charge in [-0.05, 0) is 73.0 Å². The molecule has 11 nitrogen and oxygen atoms in total. The van der Waals surface area contributed by atoms with Gasteiger partial charge in [-0.3, -0.25) is 14.4 Å². The second-order valence-electron chi connectivity index (χ2n) is 12.9. The Bertz CT molecular complexity index is 2010. The number of oxazole rings is 1. The molecule has 1 aliphatic rings. The number of aliphatic imine (C=N–C) groups is 1. The van der Waals surface area contributed by atoms with Gasteiger partial charge >= 0.3 is 0 Å². The van der Waals surface area contributed by atoms with Crippen LogP contribution >= 0.6 is 11.6 Å². The lowest BCUT2D eigenvalue weighted by molar-refractivity contribution is -0.139. The molecule has 4 aromatic carbocycles. The van der Waals surface area contributed by atoms with Gasteiger partial charge < -0.3 is 30.8 Å². The third-order valence-corrected chi connectivity index (χ3v) is 9.54. The molecule has 5 aromatic rings. The zero-order valence-electron chi connectivity index (χ0n) is 28.8. The minimum absolute atomic E-state index is 0.120.